The van der Waals surface area contributed by atoms with Crippen LogP contribution in [0, 0.1) is 5.82 Å². The Morgan fingerprint density at radius 2 is 1.85 bits per heavy atom. The molecule has 2 aliphatic rings. The monoisotopic (exact) mass is 367 g/mol. The molecule has 136 valence electrons. The van der Waals surface area contributed by atoms with Crippen LogP contribution in [0.2, 0.25) is 0 Å². The van der Waals surface area contributed by atoms with Gasteiger partial charge in [0, 0.05) is 5.69 Å². The van der Waals surface area contributed by atoms with E-state index >= 15 is 0 Å². The van der Waals surface area contributed by atoms with E-state index in [1.807, 2.05) is 0 Å². The maximum Gasteiger partial charge on any atom is 0.263 e. The molecule has 0 unspecified atom stereocenters. The van der Waals surface area contributed by atoms with Crippen molar-refractivity contribution in [1.29, 1.82) is 0 Å². The number of rotatable bonds is 4. The lowest BCUT2D eigenvalue weighted by atomic mass is 10.1. The molecule has 0 aliphatic carbocycles. The summed E-state index contributed by atoms with van der Waals surface area (Å²) < 4.78 is 13.2. The molecule has 27 heavy (non-hydrogen) atoms. The van der Waals surface area contributed by atoms with Crippen molar-refractivity contribution in [2.45, 2.75) is 12.1 Å². The van der Waals surface area contributed by atoms with Gasteiger partial charge < -0.3 is 5.32 Å². The fourth-order valence-electron chi connectivity index (χ4n) is 3.10. The molecule has 2 aromatic carbocycles. The average molecular weight is 367 g/mol. The third-order valence-corrected chi connectivity index (χ3v) is 4.29. The van der Waals surface area contributed by atoms with Crippen LogP contribution in [0.15, 0.2) is 64.9 Å². The van der Waals surface area contributed by atoms with Crippen molar-refractivity contribution in [1.82, 2.24) is 5.01 Å². The highest BCUT2D eigenvalue weighted by Gasteiger charge is 2.55. The van der Waals surface area contributed by atoms with E-state index in [4.69, 9.17) is 0 Å². The van der Waals surface area contributed by atoms with Gasteiger partial charge in [-0.2, -0.15) is 5.11 Å². The van der Waals surface area contributed by atoms with Crippen molar-refractivity contribution in [2.75, 3.05) is 16.8 Å². The van der Waals surface area contributed by atoms with Crippen LogP contribution in [-0.4, -0.2) is 41.4 Å². The predicted octanol–water partition coefficient (Wildman–Crippen LogP) is 1.76. The number of para-hydroxylation sites is 1. The minimum atomic E-state index is -0.973. The number of benzene rings is 2. The van der Waals surface area contributed by atoms with Gasteiger partial charge in [0.25, 0.3) is 11.8 Å². The van der Waals surface area contributed by atoms with Crippen molar-refractivity contribution < 1.29 is 18.8 Å². The average Bonchev–Trinajstić information content (AvgIpc) is 3.16. The molecule has 9 heteroatoms. The van der Waals surface area contributed by atoms with Crippen LogP contribution in [0.4, 0.5) is 15.8 Å². The highest BCUT2D eigenvalue weighted by molar-refractivity contribution is 6.25. The molecule has 0 radical (unpaired) electrons. The van der Waals surface area contributed by atoms with Crippen LogP contribution in [0.25, 0.3) is 0 Å². The van der Waals surface area contributed by atoms with Gasteiger partial charge in [-0.25, -0.2) is 9.29 Å². The molecule has 4 rings (SSSR count). The van der Waals surface area contributed by atoms with E-state index in [0.29, 0.717) is 5.69 Å². The molecular formula is C18H14FN5O3. The molecule has 0 bridgehead atoms. The Balaban J connectivity index is 1.48. The summed E-state index contributed by atoms with van der Waals surface area (Å²) in [6.07, 6.45) is 0. The number of imide groups is 1. The van der Waals surface area contributed by atoms with Gasteiger partial charge in [0.2, 0.25) is 5.91 Å². The molecular weight excluding hydrogens is 353 g/mol. The number of carbonyl (C=O) groups is 3. The first-order chi connectivity index (χ1) is 13.0. The second-order valence-electron chi connectivity index (χ2n) is 6.10. The smallest absolute Gasteiger partial charge is 0.263 e. The van der Waals surface area contributed by atoms with Crippen LogP contribution in [0.1, 0.15) is 0 Å². The van der Waals surface area contributed by atoms with Crippen LogP contribution in [0.5, 0.6) is 0 Å². The van der Waals surface area contributed by atoms with E-state index in [0.717, 1.165) is 4.90 Å². The van der Waals surface area contributed by atoms with E-state index in [1.54, 1.807) is 30.3 Å². The zero-order chi connectivity index (χ0) is 19.0. The maximum absolute atomic E-state index is 13.2. The minimum Gasteiger partial charge on any atom is -0.324 e. The van der Waals surface area contributed by atoms with Crippen molar-refractivity contribution in [3.63, 3.8) is 0 Å². The topological polar surface area (TPSA) is 94.4 Å². The number of hydrogen-bond acceptors (Lipinski definition) is 6. The Bertz CT molecular complexity index is 949. The fourth-order valence-corrected chi connectivity index (χ4v) is 3.10. The normalized spacial score (nSPS) is 20.9. The van der Waals surface area contributed by atoms with E-state index in [9.17, 15) is 18.8 Å². The molecule has 0 aromatic heterocycles. The highest BCUT2D eigenvalue weighted by Crippen LogP contribution is 2.31. The molecule has 2 atom stereocenters. The minimum absolute atomic E-state index is 0.285. The summed E-state index contributed by atoms with van der Waals surface area (Å²) >= 11 is 0. The summed E-state index contributed by atoms with van der Waals surface area (Å²) in [4.78, 5) is 38.6. The van der Waals surface area contributed by atoms with Crippen molar-refractivity contribution >= 4 is 29.1 Å². The Kier molecular flexibility index (Phi) is 4.11. The highest BCUT2D eigenvalue weighted by atomic mass is 19.1. The van der Waals surface area contributed by atoms with Gasteiger partial charge in [-0.1, -0.05) is 29.5 Å². The fraction of sp³-hybridized carbons (Fsp3) is 0.167. The number of anilines is 2. The second kappa shape index (κ2) is 6.60. The molecule has 2 aliphatic heterocycles. The molecule has 0 saturated carbocycles. The Morgan fingerprint density at radius 3 is 2.59 bits per heavy atom. The maximum atomic E-state index is 13.2. The predicted molar refractivity (Wildman–Crippen MR) is 93.1 cm³/mol. The van der Waals surface area contributed by atoms with Crippen molar-refractivity contribution in [3.05, 3.63) is 60.4 Å². The van der Waals surface area contributed by atoms with Crippen LogP contribution >= 0.6 is 0 Å². The molecule has 1 N–H and O–H groups in total. The molecule has 8 nitrogen and oxygen atoms in total. The second-order valence-corrected chi connectivity index (χ2v) is 6.10. The van der Waals surface area contributed by atoms with Gasteiger partial charge in [-0.3, -0.25) is 19.4 Å². The van der Waals surface area contributed by atoms with Crippen LogP contribution in [-0.2, 0) is 14.4 Å². The largest absolute Gasteiger partial charge is 0.324 e. The first-order valence-corrected chi connectivity index (χ1v) is 8.20. The standard InChI is InChI=1S/C18H14FN5O3/c19-11-5-4-6-12(9-11)20-14(25)10-23-16-15(21-22-23)17(26)24(18(16)27)13-7-2-1-3-8-13/h1-9,15-16H,10H2,(H,20,25)/t15-,16-/m1/s1. The lowest BCUT2D eigenvalue weighted by Crippen LogP contribution is -2.43. The van der Waals surface area contributed by atoms with Crippen molar-refractivity contribution in [2.24, 2.45) is 10.3 Å². The summed E-state index contributed by atoms with van der Waals surface area (Å²) in [6, 6.07) is 12.0. The molecule has 2 heterocycles. The van der Waals surface area contributed by atoms with Crippen LogP contribution < -0.4 is 10.2 Å². The van der Waals surface area contributed by atoms with Crippen LogP contribution in [0.3, 0.4) is 0 Å². The third-order valence-electron chi connectivity index (χ3n) is 4.29. The van der Waals surface area contributed by atoms with Gasteiger partial charge >= 0.3 is 0 Å². The van der Waals surface area contributed by atoms with Gasteiger partial charge in [0.1, 0.15) is 12.4 Å². The Labute approximate surface area is 153 Å². The van der Waals surface area contributed by atoms with Gasteiger partial charge in [-0.15, -0.1) is 0 Å². The Morgan fingerprint density at radius 1 is 1.07 bits per heavy atom. The summed E-state index contributed by atoms with van der Waals surface area (Å²) in [5.74, 6) is -1.95. The van der Waals surface area contributed by atoms with E-state index in [1.165, 1.54) is 29.3 Å². The number of carbonyl (C=O) groups excluding carboxylic acids is 3. The molecule has 2 aromatic rings. The summed E-state index contributed by atoms with van der Waals surface area (Å²) in [7, 11) is 0. The van der Waals surface area contributed by atoms with E-state index in [-0.39, 0.29) is 12.2 Å². The molecule has 3 amide bonds. The lowest BCUT2D eigenvalue weighted by molar-refractivity contribution is -0.123. The SMILES string of the molecule is O=C(CN1N=N[C@H]2C(=O)N(c3ccccc3)C(=O)[C@@H]21)Nc1cccc(F)c1. The Hall–Kier alpha value is -3.62. The van der Waals surface area contributed by atoms with Gasteiger partial charge in [0.15, 0.2) is 12.1 Å². The number of amides is 3. The molecule has 1 fully saturated rings. The first kappa shape index (κ1) is 16.8. The zero-order valence-electron chi connectivity index (χ0n) is 13.9. The number of halogens is 1. The first-order valence-electron chi connectivity index (χ1n) is 8.20. The number of fused-ring (bicyclic) bond motifs is 1. The van der Waals surface area contributed by atoms with E-state index in [2.05, 4.69) is 15.7 Å². The summed E-state index contributed by atoms with van der Waals surface area (Å²) in [6.45, 7) is -0.289. The lowest BCUT2D eigenvalue weighted by Gasteiger charge is -2.20. The number of nitrogens with zero attached hydrogens (tertiary/aromatic N) is 4. The molecule has 1 saturated heterocycles. The molecule has 0 spiro atoms. The van der Waals surface area contributed by atoms with E-state index < -0.39 is 35.6 Å². The van der Waals surface area contributed by atoms with Gasteiger partial charge in [-0.05, 0) is 30.3 Å². The number of nitrogens with one attached hydrogen (secondary N) is 1. The third kappa shape index (κ3) is 3.03. The summed E-state index contributed by atoms with van der Waals surface area (Å²) in [5.41, 5.74) is 0.730. The summed E-state index contributed by atoms with van der Waals surface area (Å²) in [5, 5.41) is 11.4. The van der Waals surface area contributed by atoms with Crippen molar-refractivity contribution in [3.8, 4) is 0 Å². The van der Waals surface area contributed by atoms with Gasteiger partial charge in [0.05, 0.1) is 5.69 Å². The zero-order valence-corrected chi connectivity index (χ0v) is 13.9. The number of hydrogen-bond donors (Lipinski definition) is 1. The quantitative estimate of drug-likeness (QED) is 0.833.